The lowest BCUT2D eigenvalue weighted by molar-refractivity contribution is -0.140. The van der Waals surface area contributed by atoms with Crippen LogP contribution in [0.3, 0.4) is 0 Å². The molecular formula is C28H29N3O4. The summed E-state index contributed by atoms with van der Waals surface area (Å²) in [4.78, 5) is 45.1. The van der Waals surface area contributed by atoms with E-state index in [-0.39, 0.29) is 41.5 Å². The van der Waals surface area contributed by atoms with Crippen LogP contribution in [-0.4, -0.2) is 31.3 Å². The Morgan fingerprint density at radius 3 is 2.37 bits per heavy atom. The minimum Gasteiger partial charge on any atom is -0.462 e. The van der Waals surface area contributed by atoms with Gasteiger partial charge in [-0.1, -0.05) is 50.2 Å². The van der Waals surface area contributed by atoms with E-state index >= 15 is 0 Å². The van der Waals surface area contributed by atoms with Crippen molar-refractivity contribution in [2.75, 3.05) is 23.5 Å². The number of allylic oxidation sites excluding steroid dienone is 1. The first-order chi connectivity index (χ1) is 16.6. The second-order valence-corrected chi connectivity index (χ2v) is 10.0. The van der Waals surface area contributed by atoms with Crippen LogP contribution in [0.5, 0.6) is 0 Å². The fraction of sp³-hybridized carbons (Fsp3) is 0.321. The predicted molar refractivity (Wildman–Crippen MR) is 133 cm³/mol. The molecule has 1 spiro atoms. The van der Waals surface area contributed by atoms with Crippen molar-refractivity contribution in [2.45, 2.75) is 39.0 Å². The molecule has 2 N–H and O–H groups in total. The lowest BCUT2D eigenvalue weighted by atomic mass is 9.60. The minimum absolute atomic E-state index is 0.00295. The molecule has 0 aromatic heterocycles. The normalized spacial score (nSPS) is 23.1. The summed E-state index contributed by atoms with van der Waals surface area (Å²) in [5.74, 6) is -1.13. The minimum atomic E-state index is -1.66. The van der Waals surface area contributed by atoms with E-state index in [9.17, 15) is 14.4 Å². The van der Waals surface area contributed by atoms with Gasteiger partial charge in [0.15, 0.2) is 5.78 Å². The number of amides is 1. The summed E-state index contributed by atoms with van der Waals surface area (Å²) in [7, 11) is 1.66. The van der Waals surface area contributed by atoms with E-state index < -0.39 is 11.4 Å². The van der Waals surface area contributed by atoms with Gasteiger partial charge in [0, 0.05) is 41.7 Å². The highest BCUT2D eigenvalue weighted by Crippen LogP contribution is 2.58. The van der Waals surface area contributed by atoms with Gasteiger partial charge in [-0.2, -0.15) is 0 Å². The van der Waals surface area contributed by atoms with Gasteiger partial charge in [0.2, 0.25) is 5.91 Å². The van der Waals surface area contributed by atoms with Crippen LogP contribution in [0, 0.1) is 5.41 Å². The lowest BCUT2D eigenvalue weighted by Crippen LogP contribution is -2.55. The van der Waals surface area contributed by atoms with Crippen LogP contribution in [0.2, 0.25) is 0 Å². The first-order valence-corrected chi connectivity index (χ1v) is 11.8. The number of likely N-dealkylation sites (N-methyl/N-ethyl adjacent to an activating group) is 1. The number of para-hydroxylation sites is 2. The van der Waals surface area contributed by atoms with E-state index in [0.29, 0.717) is 34.6 Å². The second-order valence-electron chi connectivity index (χ2n) is 10.0. The Morgan fingerprint density at radius 2 is 1.69 bits per heavy atom. The van der Waals surface area contributed by atoms with Crippen LogP contribution >= 0.6 is 0 Å². The molecule has 1 unspecified atom stereocenters. The molecule has 3 aliphatic rings. The average molecular weight is 472 g/mol. The highest BCUT2D eigenvalue weighted by molar-refractivity contribution is 6.24. The number of hydrogen-bond acceptors (Lipinski definition) is 6. The lowest BCUT2D eigenvalue weighted by Gasteiger charge is -2.47. The Morgan fingerprint density at radius 1 is 1.03 bits per heavy atom. The van der Waals surface area contributed by atoms with Crippen LogP contribution in [0.25, 0.3) is 0 Å². The maximum atomic E-state index is 14.2. The summed E-state index contributed by atoms with van der Waals surface area (Å²) in [6, 6.07) is 16.7. The van der Waals surface area contributed by atoms with Gasteiger partial charge in [-0.15, -0.1) is 0 Å². The molecule has 0 bridgehead atoms. The van der Waals surface area contributed by atoms with E-state index in [1.165, 1.54) is 4.90 Å². The van der Waals surface area contributed by atoms with Crippen molar-refractivity contribution in [3.05, 3.63) is 82.8 Å². The molecule has 5 rings (SSSR count). The number of carbonyl (C=O) groups excluding carboxylic acids is 3. The van der Waals surface area contributed by atoms with Gasteiger partial charge >= 0.3 is 5.97 Å². The zero-order valence-corrected chi connectivity index (χ0v) is 20.4. The van der Waals surface area contributed by atoms with Gasteiger partial charge in [0.25, 0.3) is 0 Å². The molecule has 0 saturated heterocycles. The number of fused-ring (bicyclic) bond motifs is 3. The van der Waals surface area contributed by atoms with Crippen molar-refractivity contribution >= 4 is 29.0 Å². The van der Waals surface area contributed by atoms with Crippen LogP contribution in [0.4, 0.5) is 11.4 Å². The molecular weight excluding hydrogens is 442 g/mol. The van der Waals surface area contributed by atoms with Crippen molar-refractivity contribution in [1.82, 2.24) is 0 Å². The quantitative estimate of drug-likeness (QED) is 0.685. The zero-order valence-electron chi connectivity index (χ0n) is 20.4. The van der Waals surface area contributed by atoms with Crippen molar-refractivity contribution in [1.29, 1.82) is 0 Å². The van der Waals surface area contributed by atoms with Gasteiger partial charge in [-0.05, 0) is 37.0 Å². The monoisotopic (exact) mass is 471 g/mol. The Labute approximate surface area is 204 Å². The zero-order chi connectivity index (χ0) is 25.1. The summed E-state index contributed by atoms with van der Waals surface area (Å²) in [6.45, 7) is 5.87. The average Bonchev–Trinajstić information content (AvgIpc) is 3.02. The SMILES string of the molecule is CCOC(=O)C1=C(N)N(c2ccccc2)C2=C(C(=O)CC(C)(C)C2)C12C(=O)N(C)c1ccccc12. The summed E-state index contributed by atoms with van der Waals surface area (Å²) in [6.07, 6.45) is 0.770. The van der Waals surface area contributed by atoms with Gasteiger partial charge in [0.05, 0.1) is 6.61 Å². The molecule has 0 saturated carbocycles. The number of nitrogens with zero attached hydrogens (tertiary/aromatic N) is 2. The fourth-order valence-corrected chi connectivity index (χ4v) is 5.85. The molecule has 7 heteroatoms. The summed E-state index contributed by atoms with van der Waals surface area (Å²) in [5.41, 5.74) is 7.73. The Bertz CT molecular complexity index is 1320. The number of benzene rings is 2. The number of ether oxygens (including phenoxy) is 1. The molecule has 1 atom stereocenters. The number of esters is 1. The summed E-state index contributed by atoms with van der Waals surface area (Å²) >= 11 is 0. The number of carbonyl (C=O) groups is 3. The van der Waals surface area contributed by atoms with Crippen molar-refractivity contribution in [2.24, 2.45) is 11.1 Å². The summed E-state index contributed by atoms with van der Waals surface area (Å²) < 4.78 is 5.47. The van der Waals surface area contributed by atoms with Crippen LogP contribution in [-0.2, 0) is 24.5 Å². The van der Waals surface area contributed by atoms with Crippen LogP contribution in [0.15, 0.2) is 77.3 Å². The van der Waals surface area contributed by atoms with Crippen molar-refractivity contribution in [3.63, 3.8) is 0 Å². The molecule has 0 radical (unpaired) electrons. The second kappa shape index (κ2) is 7.83. The molecule has 1 aliphatic carbocycles. The van der Waals surface area contributed by atoms with Gasteiger partial charge in [-0.3, -0.25) is 14.5 Å². The Kier molecular flexibility index (Phi) is 5.13. The number of nitrogens with two attached hydrogens (primary N) is 1. The number of hydrogen-bond donors (Lipinski definition) is 1. The predicted octanol–water partition coefficient (Wildman–Crippen LogP) is 3.80. The first-order valence-electron chi connectivity index (χ1n) is 11.8. The molecule has 2 aromatic carbocycles. The molecule has 2 heterocycles. The number of anilines is 2. The van der Waals surface area contributed by atoms with E-state index in [1.54, 1.807) is 24.9 Å². The fourth-order valence-electron chi connectivity index (χ4n) is 5.85. The third kappa shape index (κ3) is 3.07. The number of ketones is 1. The smallest absolute Gasteiger partial charge is 0.339 e. The maximum absolute atomic E-state index is 14.2. The van der Waals surface area contributed by atoms with Gasteiger partial charge < -0.3 is 15.4 Å². The topological polar surface area (TPSA) is 92.9 Å². The Balaban J connectivity index is 1.94. The molecule has 2 aromatic rings. The highest BCUT2D eigenvalue weighted by atomic mass is 16.5. The van der Waals surface area contributed by atoms with Crippen molar-refractivity contribution in [3.8, 4) is 0 Å². The molecule has 35 heavy (non-hydrogen) atoms. The third-order valence-electron chi connectivity index (χ3n) is 7.16. The van der Waals surface area contributed by atoms with E-state index in [2.05, 4.69) is 0 Å². The van der Waals surface area contributed by atoms with Crippen molar-refractivity contribution < 1.29 is 19.1 Å². The Hall–Kier alpha value is -3.87. The third-order valence-corrected chi connectivity index (χ3v) is 7.16. The molecule has 7 nitrogen and oxygen atoms in total. The highest BCUT2D eigenvalue weighted by Gasteiger charge is 2.64. The van der Waals surface area contributed by atoms with Gasteiger partial charge in [0.1, 0.15) is 16.8 Å². The van der Waals surface area contributed by atoms with Gasteiger partial charge in [-0.25, -0.2) is 4.79 Å². The van der Waals surface area contributed by atoms with Crippen LogP contribution < -0.4 is 15.5 Å². The number of rotatable bonds is 3. The standard InChI is InChI=1S/C28H29N3O4/c1-5-35-25(33)23-24(29)31(17-11-7-6-8-12-17)20-15-27(2,3)16-21(32)22(20)28(23)18-13-9-10-14-19(18)30(4)26(28)34/h6-14H,5,15-16,29H2,1-4H3. The number of Topliss-reactive ketones (excluding diaryl/α,β-unsaturated/α-hetero) is 1. The van der Waals surface area contributed by atoms with E-state index in [4.69, 9.17) is 10.5 Å². The molecule has 180 valence electrons. The molecule has 2 aliphatic heterocycles. The molecule has 0 fully saturated rings. The van der Waals surface area contributed by atoms with E-state index in [0.717, 1.165) is 0 Å². The largest absolute Gasteiger partial charge is 0.462 e. The first kappa shape index (κ1) is 22.9. The molecule has 1 amide bonds. The maximum Gasteiger partial charge on any atom is 0.339 e. The van der Waals surface area contributed by atoms with Crippen LogP contribution in [0.1, 0.15) is 39.2 Å². The summed E-state index contributed by atoms with van der Waals surface area (Å²) in [5, 5.41) is 0. The van der Waals surface area contributed by atoms with E-state index in [1.807, 2.05) is 62.4 Å².